The summed E-state index contributed by atoms with van der Waals surface area (Å²) in [5, 5.41) is 6.70. The zero-order valence-corrected chi connectivity index (χ0v) is 14.7. The molecule has 2 aromatic rings. The molecule has 0 saturated heterocycles. The van der Waals surface area contributed by atoms with E-state index in [0.717, 1.165) is 29.9 Å². The number of hydrogen-bond donors (Lipinski definition) is 1. The monoisotopic (exact) mass is 339 g/mol. The van der Waals surface area contributed by atoms with Crippen LogP contribution in [0.4, 0.5) is 0 Å². The van der Waals surface area contributed by atoms with E-state index in [2.05, 4.69) is 36.3 Å². The molecule has 0 bridgehead atoms. The molecule has 2 N–H and O–H groups in total. The lowest BCUT2D eigenvalue weighted by Gasteiger charge is -2.22. The summed E-state index contributed by atoms with van der Waals surface area (Å²) in [6.45, 7) is 2.15. The molecule has 1 unspecified atom stereocenters. The quantitative estimate of drug-likeness (QED) is 0.864. The highest BCUT2D eigenvalue weighted by Gasteiger charge is 2.30. The second-order valence-corrected chi connectivity index (χ2v) is 6.19. The van der Waals surface area contributed by atoms with Gasteiger partial charge in [-0.15, -0.1) is 0 Å². The molecule has 0 spiro atoms. The summed E-state index contributed by atoms with van der Waals surface area (Å²) < 4.78 is 5.21. The van der Waals surface area contributed by atoms with E-state index < -0.39 is 0 Å². The van der Waals surface area contributed by atoms with Gasteiger partial charge in [0.05, 0.1) is 18.9 Å². The van der Waals surface area contributed by atoms with Crippen LogP contribution in [-0.4, -0.2) is 22.9 Å². The van der Waals surface area contributed by atoms with Gasteiger partial charge in [0.25, 0.3) is 0 Å². The SMILES string of the molecule is CCc1ccc(C2CC(c3ccc(OC)cc3)=NN2C(N)=S)cc1. The molecule has 1 atom stereocenters. The fourth-order valence-electron chi connectivity index (χ4n) is 2.91. The van der Waals surface area contributed by atoms with E-state index in [1.807, 2.05) is 24.3 Å². The molecule has 3 rings (SSSR count). The molecule has 0 saturated carbocycles. The van der Waals surface area contributed by atoms with Gasteiger partial charge in [-0.1, -0.05) is 31.2 Å². The molecule has 0 fully saturated rings. The minimum Gasteiger partial charge on any atom is -0.497 e. The average Bonchev–Trinajstić information content (AvgIpc) is 3.07. The molecule has 1 aliphatic rings. The van der Waals surface area contributed by atoms with Gasteiger partial charge in [-0.25, -0.2) is 5.01 Å². The normalized spacial score (nSPS) is 16.8. The van der Waals surface area contributed by atoms with E-state index >= 15 is 0 Å². The Hall–Kier alpha value is -2.40. The van der Waals surface area contributed by atoms with Crippen LogP contribution >= 0.6 is 12.2 Å². The summed E-state index contributed by atoms with van der Waals surface area (Å²) in [6, 6.07) is 16.5. The van der Waals surface area contributed by atoms with Crippen molar-refractivity contribution in [2.24, 2.45) is 10.8 Å². The molecule has 24 heavy (non-hydrogen) atoms. The first-order valence-electron chi connectivity index (χ1n) is 8.01. The number of aryl methyl sites for hydroxylation is 1. The van der Waals surface area contributed by atoms with Crippen LogP contribution in [0.3, 0.4) is 0 Å². The molecular formula is C19H21N3OS. The van der Waals surface area contributed by atoms with Gasteiger partial charge in [0.15, 0.2) is 5.11 Å². The molecule has 0 amide bonds. The molecule has 5 heteroatoms. The molecule has 0 radical (unpaired) electrons. The number of nitrogens with zero attached hydrogens (tertiary/aromatic N) is 2. The first-order chi connectivity index (χ1) is 11.6. The smallest absolute Gasteiger partial charge is 0.187 e. The van der Waals surface area contributed by atoms with E-state index in [0.29, 0.717) is 5.11 Å². The van der Waals surface area contributed by atoms with Gasteiger partial charge in [0.2, 0.25) is 0 Å². The number of nitrogens with two attached hydrogens (primary N) is 1. The second kappa shape index (κ2) is 7.01. The van der Waals surface area contributed by atoms with Crippen LogP contribution in [-0.2, 0) is 6.42 Å². The van der Waals surface area contributed by atoms with Crippen LogP contribution in [0.2, 0.25) is 0 Å². The molecule has 0 aromatic heterocycles. The summed E-state index contributed by atoms with van der Waals surface area (Å²) >= 11 is 5.20. The first kappa shape index (κ1) is 16.5. The first-order valence-corrected chi connectivity index (χ1v) is 8.42. The third-order valence-corrected chi connectivity index (χ3v) is 4.52. The Morgan fingerprint density at radius 1 is 1.21 bits per heavy atom. The molecule has 1 aliphatic heterocycles. The molecule has 1 heterocycles. The van der Waals surface area contributed by atoms with Crippen LogP contribution in [0, 0.1) is 0 Å². The Morgan fingerprint density at radius 2 is 1.88 bits per heavy atom. The Balaban J connectivity index is 1.88. The van der Waals surface area contributed by atoms with Crippen molar-refractivity contribution in [3.8, 4) is 5.75 Å². The second-order valence-electron chi connectivity index (χ2n) is 5.77. The third kappa shape index (κ3) is 3.26. The van der Waals surface area contributed by atoms with E-state index in [4.69, 9.17) is 22.7 Å². The van der Waals surface area contributed by atoms with Crippen molar-refractivity contribution in [2.45, 2.75) is 25.8 Å². The van der Waals surface area contributed by atoms with Gasteiger partial charge in [-0.05, 0) is 59.6 Å². The highest BCUT2D eigenvalue weighted by atomic mass is 32.1. The van der Waals surface area contributed by atoms with Crippen LogP contribution in [0.15, 0.2) is 53.6 Å². The predicted octanol–water partition coefficient (Wildman–Crippen LogP) is 3.65. The predicted molar refractivity (Wildman–Crippen MR) is 101 cm³/mol. The van der Waals surface area contributed by atoms with Gasteiger partial charge in [0.1, 0.15) is 5.75 Å². The average molecular weight is 339 g/mol. The van der Waals surface area contributed by atoms with E-state index in [9.17, 15) is 0 Å². The van der Waals surface area contributed by atoms with Crippen LogP contribution < -0.4 is 10.5 Å². The zero-order chi connectivity index (χ0) is 17.1. The van der Waals surface area contributed by atoms with Gasteiger partial charge in [0, 0.05) is 6.42 Å². The van der Waals surface area contributed by atoms with Crippen molar-refractivity contribution in [3.63, 3.8) is 0 Å². The maximum absolute atomic E-state index is 5.90. The minimum atomic E-state index is 0.0468. The molecule has 2 aromatic carbocycles. The van der Waals surface area contributed by atoms with E-state index in [-0.39, 0.29) is 6.04 Å². The number of hydrazone groups is 1. The molecule has 0 aliphatic carbocycles. The fourth-order valence-corrected chi connectivity index (χ4v) is 3.07. The van der Waals surface area contributed by atoms with Crippen molar-refractivity contribution >= 4 is 23.0 Å². The Bertz CT molecular complexity index is 753. The number of ether oxygens (including phenoxy) is 1. The van der Waals surface area contributed by atoms with Crippen molar-refractivity contribution in [1.29, 1.82) is 0 Å². The highest BCUT2D eigenvalue weighted by molar-refractivity contribution is 7.80. The van der Waals surface area contributed by atoms with Crippen LogP contribution in [0.25, 0.3) is 0 Å². The minimum absolute atomic E-state index is 0.0468. The maximum Gasteiger partial charge on any atom is 0.187 e. The van der Waals surface area contributed by atoms with Crippen LogP contribution in [0.1, 0.15) is 36.1 Å². The van der Waals surface area contributed by atoms with Gasteiger partial charge >= 0.3 is 0 Å². The van der Waals surface area contributed by atoms with E-state index in [1.54, 1.807) is 12.1 Å². The van der Waals surface area contributed by atoms with Crippen molar-refractivity contribution in [1.82, 2.24) is 5.01 Å². The Labute approximate surface area is 147 Å². The Kier molecular flexibility index (Phi) is 4.81. The Morgan fingerprint density at radius 3 is 2.42 bits per heavy atom. The third-order valence-electron chi connectivity index (χ3n) is 4.33. The molecule has 124 valence electrons. The number of benzene rings is 2. The van der Waals surface area contributed by atoms with E-state index in [1.165, 1.54) is 11.1 Å². The van der Waals surface area contributed by atoms with Crippen molar-refractivity contribution < 1.29 is 4.74 Å². The molecule has 4 nitrogen and oxygen atoms in total. The summed E-state index contributed by atoms with van der Waals surface area (Å²) in [6.07, 6.45) is 1.80. The number of rotatable bonds is 4. The van der Waals surface area contributed by atoms with Gasteiger partial charge in [-0.3, -0.25) is 0 Å². The lowest BCUT2D eigenvalue weighted by Crippen LogP contribution is -2.31. The zero-order valence-electron chi connectivity index (χ0n) is 13.9. The summed E-state index contributed by atoms with van der Waals surface area (Å²) in [7, 11) is 1.66. The summed E-state index contributed by atoms with van der Waals surface area (Å²) in [4.78, 5) is 0. The van der Waals surface area contributed by atoms with Crippen molar-refractivity contribution in [2.75, 3.05) is 7.11 Å². The lowest BCUT2D eigenvalue weighted by atomic mass is 9.97. The number of hydrogen-bond acceptors (Lipinski definition) is 3. The standard InChI is InChI=1S/C19H21N3OS/c1-3-13-4-6-15(7-5-13)18-12-17(21-22(18)19(20)24)14-8-10-16(23-2)11-9-14/h4-11,18H,3,12H2,1-2H3,(H2,20,24). The van der Waals surface area contributed by atoms with Gasteiger partial charge in [-0.2, -0.15) is 5.10 Å². The number of methoxy groups -OCH3 is 1. The lowest BCUT2D eigenvalue weighted by molar-refractivity contribution is 0.372. The number of thiocarbonyl (C=S) groups is 1. The fraction of sp³-hybridized carbons (Fsp3) is 0.263. The molecular weight excluding hydrogens is 318 g/mol. The van der Waals surface area contributed by atoms with Crippen molar-refractivity contribution in [3.05, 3.63) is 65.2 Å². The summed E-state index contributed by atoms with van der Waals surface area (Å²) in [5.74, 6) is 0.829. The van der Waals surface area contributed by atoms with Crippen LogP contribution in [0.5, 0.6) is 5.75 Å². The largest absolute Gasteiger partial charge is 0.497 e. The maximum atomic E-state index is 5.90. The highest BCUT2D eigenvalue weighted by Crippen LogP contribution is 2.33. The summed E-state index contributed by atoms with van der Waals surface area (Å²) in [5.41, 5.74) is 10.4. The van der Waals surface area contributed by atoms with Gasteiger partial charge < -0.3 is 10.5 Å². The topological polar surface area (TPSA) is 50.8 Å².